The maximum atomic E-state index is 12.5. The van der Waals surface area contributed by atoms with E-state index in [1.165, 1.54) is 4.90 Å². The molecule has 0 fully saturated rings. The van der Waals surface area contributed by atoms with Crippen molar-refractivity contribution in [3.63, 3.8) is 0 Å². The molecule has 0 atom stereocenters. The lowest BCUT2D eigenvalue weighted by atomic mass is 10.2. The molecular formula is C19H23NO2S. The molecule has 2 aromatic carbocycles. The third kappa shape index (κ3) is 6.47. The van der Waals surface area contributed by atoms with E-state index < -0.39 is 0 Å². The number of ether oxygens (including phenoxy) is 1. The highest BCUT2D eigenvalue weighted by atomic mass is 32.2. The summed E-state index contributed by atoms with van der Waals surface area (Å²) in [6, 6.07) is 20.3. The third-order valence-corrected chi connectivity index (χ3v) is 4.48. The van der Waals surface area contributed by atoms with Crippen LogP contribution in [0.15, 0.2) is 65.6 Å². The molecule has 0 saturated carbocycles. The van der Waals surface area contributed by atoms with Crippen molar-refractivity contribution < 1.29 is 9.53 Å². The summed E-state index contributed by atoms with van der Waals surface area (Å²) in [4.78, 5) is 15.6. The highest BCUT2D eigenvalue weighted by Crippen LogP contribution is 2.18. The van der Waals surface area contributed by atoms with E-state index in [0.717, 1.165) is 11.3 Å². The summed E-state index contributed by atoms with van der Waals surface area (Å²) in [5, 5.41) is 0. The van der Waals surface area contributed by atoms with Crippen LogP contribution in [0.4, 0.5) is 0 Å². The van der Waals surface area contributed by atoms with Crippen molar-refractivity contribution in [1.29, 1.82) is 0 Å². The molecule has 122 valence electrons. The summed E-state index contributed by atoms with van der Waals surface area (Å²) >= 11 is 1.72. The zero-order valence-electron chi connectivity index (χ0n) is 13.5. The van der Waals surface area contributed by atoms with Gasteiger partial charge in [0.2, 0.25) is 5.91 Å². The molecule has 2 rings (SSSR count). The smallest absolute Gasteiger partial charge is 0.223 e. The van der Waals surface area contributed by atoms with Crippen LogP contribution in [0.25, 0.3) is 0 Å². The second-order valence-corrected chi connectivity index (χ2v) is 6.37. The Labute approximate surface area is 142 Å². The topological polar surface area (TPSA) is 29.5 Å². The zero-order chi connectivity index (χ0) is 16.3. The molecule has 0 aliphatic rings. The van der Waals surface area contributed by atoms with Gasteiger partial charge in [-0.25, -0.2) is 0 Å². The lowest BCUT2D eigenvalue weighted by Gasteiger charge is -2.22. The number of amides is 1. The first-order chi connectivity index (χ1) is 11.3. The number of methoxy groups -OCH3 is 1. The predicted molar refractivity (Wildman–Crippen MR) is 95.5 cm³/mol. The fourth-order valence-corrected chi connectivity index (χ4v) is 3.09. The molecule has 4 heteroatoms. The number of benzene rings is 2. The number of rotatable bonds is 9. The first-order valence-corrected chi connectivity index (χ1v) is 8.76. The van der Waals surface area contributed by atoms with Crippen molar-refractivity contribution in [2.24, 2.45) is 0 Å². The molecule has 0 aliphatic carbocycles. The zero-order valence-corrected chi connectivity index (χ0v) is 14.3. The van der Waals surface area contributed by atoms with Crippen LogP contribution in [0.1, 0.15) is 12.0 Å². The summed E-state index contributed by atoms with van der Waals surface area (Å²) < 4.78 is 5.13. The number of nitrogens with zero attached hydrogens (tertiary/aromatic N) is 1. The van der Waals surface area contributed by atoms with Crippen LogP contribution in [0.2, 0.25) is 0 Å². The predicted octanol–water partition coefficient (Wildman–Crippen LogP) is 3.84. The van der Waals surface area contributed by atoms with Crippen LogP contribution in [-0.2, 0) is 16.1 Å². The lowest BCUT2D eigenvalue weighted by molar-refractivity contribution is -0.132. The minimum absolute atomic E-state index is 0.175. The average Bonchev–Trinajstić information content (AvgIpc) is 2.60. The van der Waals surface area contributed by atoms with Gasteiger partial charge in [-0.1, -0.05) is 48.5 Å². The van der Waals surface area contributed by atoms with E-state index in [9.17, 15) is 4.79 Å². The molecule has 0 aliphatic heterocycles. The standard InChI is InChI=1S/C19H23NO2S/c1-22-14-13-20(16-17-8-4-2-5-9-17)19(21)12-15-23-18-10-6-3-7-11-18/h2-11H,12-16H2,1H3. The fourth-order valence-electron chi connectivity index (χ4n) is 2.23. The van der Waals surface area contributed by atoms with Crippen LogP contribution in [0.3, 0.4) is 0 Å². The molecule has 3 nitrogen and oxygen atoms in total. The van der Waals surface area contributed by atoms with Crippen molar-refractivity contribution in [3.05, 3.63) is 66.2 Å². The van der Waals surface area contributed by atoms with E-state index in [-0.39, 0.29) is 5.91 Å². The second kappa shape index (κ2) is 10.1. The van der Waals surface area contributed by atoms with E-state index in [1.54, 1.807) is 18.9 Å². The molecule has 23 heavy (non-hydrogen) atoms. The summed E-state index contributed by atoms with van der Waals surface area (Å²) in [7, 11) is 1.66. The van der Waals surface area contributed by atoms with Crippen LogP contribution in [0.5, 0.6) is 0 Å². The van der Waals surface area contributed by atoms with Gasteiger partial charge in [0.1, 0.15) is 0 Å². The van der Waals surface area contributed by atoms with Crippen molar-refractivity contribution in [2.45, 2.75) is 17.9 Å². The van der Waals surface area contributed by atoms with Gasteiger partial charge in [-0.05, 0) is 17.7 Å². The Kier molecular flexibility index (Phi) is 7.70. The number of hydrogen-bond donors (Lipinski definition) is 0. The Morgan fingerprint density at radius 3 is 2.35 bits per heavy atom. The summed E-state index contributed by atoms with van der Waals surface area (Å²) in [6.07, 6.45) is 0.538. The molecule has 2 aromatic rings. The maximum absolute atomic E-state index is 12.5. The normalized spacial score (nSPS) is 10.5. The van der Waals surface area contributed by atoms with Gasteiger partial charge in [0.05, 0.1) is 6.61 Å². The number of carbonyl (C=O) groups is 1. The monoisotopic (exact) mass is 329 g/mol. The highest BCUT2D eigenvalue weighted by Gasteiger charge is 2.13. The van der Waals surface area contributed by atoms with E-state index >= 15 is 0 Å². The SMILES string of the molecule is COCCN(Cc1ccccc1)C(=O)CCSc1ccccc1. The number of thioether (sulfide) groups is 1. The molecular weight excluding hydrogens is 306 g/mol. The van der Waals surface area contributed by atoms with E-state index in [2.05, 4.69) is 12.1 Å². The quantitative estimate of drug-likeness (QED) is 0.655. The van der Waals surface area contributed by atoms with Crippen LogP contribution in [-0.4, -0.2) is 36.8 Å². The molecule has 0 N–H and O–H groups in total. The number of hydrogen-bond acceptors (Lipinski definition) is 3. The summed E-state index contributed by atoms with van der Waals surface area (Å²) in [6.45, 7) is 1.82. The molecule has 0 radical (unpaired) electrons. The Hall–Kier alpha value is -1.78. The largest absolute Gasteiger partial charge is 0.383 e. The molecule has 0 unspecified atom stereocenters. The minimum Gasteiger partial charge on any atom is -0.383 e. The molecule has 0 heterocycles. The third-order valence-electron chi connectivity index (χ3n) is 3.46. The van der Waals surface area contributed by atoms with E-state index in [0.29, 0.717) is 26.1 Å². The van der Waals surface area contributed by atoms with E-state index in [4.69, 9.17) is 4.74 Å². The Balaban J connectivity index is 1.85. The molecule has 0 bridgehead atoms. The van der Waals surface area contributed by atoms with Gasteiger partial charge in [0.25, 0.3) is 0 Å². The molecule has 1 amide bonds. The van der Waals surface area contributed by atoms with Gasteiger partial charge in [-0.2, -0.15) is 0 Å². The van der Waals surface area contributed by atoms with Gasteiger partial charge >= 0.3 is 0 Å². The number of carbonyl (C=O) groups excluding carboxylic acids is 1. The Bertz CT molecular complexity index is 574. The summed E-state index contributed by atoms with van der Waals surface area (Å²) in [5.41, 5.74) is 1.15. The molecule has 0 spiro atoms. The van der Waals surface area contributed by atoms with Crippen LogP contribution in [0, 0.1) is 0 Å². The van der Waals surface area contributed by atoms with Crippen molar-refractivity contribution in [3.8, 4) is 0 Å². The van der Waals surface area contributed by atoms with Crippen molar-refractivity contribution in [1.82, 2.24) is 4.90 Å². The van der Waals surface area contributed by atoms with Crippen molar-refractivity contribution >= 4 is 17.7 Å². The highest BCUT2D eigenvalue weighted by molar-refractivity contribution is 7.99. The maximum Gasteiger partial charge on any atom is 0.223 e. The van der Waals surface area contributed by atoms with Gasteiger partial charge in [-0.3, -0.25) is 4.79 Å². The van der Waals surface area contributed by atoms with Crippen LogP contribution < -0.4 is 0 Å². The van der Waals surface area contributed by atoms with Gasteiger partial charge < -0.3 is 9.64 Å². The van der Waals surface area contributed by atoms with Gasteiger partial charge in [0, 0.05) is 37.3 Å². The molecule has 0 aromatic heterocycles. The fraction of sp³-hybridized carbons (Fsp3) is 0.316. The van der Waals surface area contributed by atoms with Gasteiger partial charge in [-0.15, -0.1) is 11.8 Å². The Morgan fingerprint density at radius 2 is 1.70 bits per heavy atom. The molecule has 0 saturated heterocycles. The van der Waals surface area contributed by atoms with Crippen molar-refractivity contribution in [2.75, 3.05) is 26.0 Å². The van der Waals surface area contributed by atoms with E-state index in [1.807, 2.05) is 53.4 Å². The average molecular weight is 329 g/mol. The Morgan fingerprint density at radius 1 is 1.04 bits per heavy atom. The summed E-state index contributed by atoms with van der Waals surface area (Å²) in [5.74, 6) is 0.968. The first-order valence-electron chi connectivity index (χ1n) is 7.78. The minimum atomic E-state index is 0.175. The lowest BCUT2D eigenvalue weighted by Crippen LogP contribution is -2.33. The van der Waals surface area contributed by atoms with Crippen LogP contribution >= 0.6 is 11.8 Å². The second-order valence-electron chi connectivity index (χ2n) is 5.21. The van der Waals surface area contributed by atoms with Gasteiger partial charge in [0.15, 0.2) is 0 Å². The first kappa shape index (κ1) is 17.6.